The number of benzene rings is 1. The number of ether oxygens (including phenoxy) is 1. The van der Waals surface area contributed by atoms with Crippen LogP contribution in [0.4, 0.5) is 0 Å². The fourth-order valence-corrected chi connectivity index (χ4v) is 1.94. The second kappa shape index (κ2) is 4.99. The van der Waals surface area contributed by atoms with E-state index in [0.29, 0.717) is 11.7 Å². The summed E-state index contributed by atoms with van der Waals surface area (Å²) in [6, 6.07) is 7.69. The van der Waals surface area contributed by atoms with Gasteiger partial charge in [-0.25, -0.2) is 4.79 Å². The zero-order valence-electron chi connectivity index (χ0n) is 8.98. The molecule has 0 aromatic heterocycles. The van der Waals surface area contributed by atoms with E-state index in [9.17, 15) is 4.79 Å². The molecular formula is C12H15NO3. The van der Waals surface area contributed by atoms with Gasteiger partial charge in [-0.2, -0.15) is 0 Å². The first-order valence-electron chi connectivity index (χ1n) is 5.41. The van der Waals surface area contributed by atoms with E-state index in [4.69, 9.17) is 9.84 Å². The maximum absolute atomic E-state index is 10.4. The molecule has 1 saturated heterocycles. The zero-order chi connectivity index (χ0) is 11.4. The Kier molecular flexibility index (Phi) is 3.41. The van der Waals surface area contributed by atoms with Gasteiger partial charge in [0.2, 0.25) is 0 Å². The zero-order valence-corrected chi connectivity index (χ0v) is 8.98. The summed E-state index contributed by atoms with van der Waals surface area (Å²) in [4.78, 5) is 10.4. The average molecular weight is 221 g/mol. The van der Waals surface area contributed by atoms with Crippen LogP contribution in [-0.4, -0.2) is 30.8 Å². The molecule has 86 valence electrons. The minimum absolute atomic E-state index is 0.285. The number of aliphatic carboxylic acids is 1. The highest BCUT2D eigenvalue weighted by molar-refractivity contribution is 5.68. The third-order valence-corrected chi connectivity index (χ3v) is 2.75. The van der Waals surface area contributed by atoms with Gasteiger partial charge in [0, 0.05) is 6.54 Å². The Balaban J connectivity index is 2.03. The predicted molar refractivity (Wildman–Crippen MR) is 59.8 cm³/mol. The molecule has 0 spiro atoms. The van der Waals surface area contributed by atoms with Gasteiger partial charge in [-0.1, -0.05) is 12.1 Å². The molecule has 16 heavy (non-hydrogen) atoms. The van der Waals surface area contributed by atoms with Crippen LogP contribution in [-0.2, 0) is 4.79 Å². The molecule has 1 aliphatic heterocycles. The first-order chi connectivity index (χ1) is 7.75. The molecule has 0 aliphatic carbocycles. The summed E-state index contributed by atoms with van der Waals surface area (Å²) < 4.78 is 5.15. The minimum atomic E-state index is -0.951. The van der Waals surface area contributed by atoms with Crippen molar-refractivity contribution in [1.82, 2.24) is 5.32 Å². The summed E-state index contributed by atoms with van der Waals surface area (Å²) >= 11 is 0. The molecule has 1 unspecified atom stereocenters. The first kappa shape index (κ1) is 11.0. The molecular weight excluding hydrogens is 206 g/mol. The molecule has 1 aromatic rings. The lowest BCUT2D eigenvalue weighted by Crippen LogP contribution is -2.10. The molecule has 4 heteroatoms. The summed E-state index contributed by atoms with van der Waals surface area (Å²) in [6.45, 7) is 1.75. The highest BCUT2D eigenvalue weighted by Crippen LogP contribution is 2.25. The third-order valence-electron chi connectivity index (χ3n) is 2.75. The van der Waals surface area contributed by atoms with Gasteiger partial charge in [-0.05, 0) is 36.6 Å². The van der Waals surface area contributed by atoms with Gasteiger partial charge in [0.15, 0.2) is 6.61 Å². The number of hydrogen-bond donors (Lipinski definition) is 2. The molecule has 0 bridgehead atoms. The lowest BCUT2D eigenvalue weighted by atomic mass is 9.98. The average Bonchev–Trinajstić information content (AvgIpc) is 2.80. The van der Waals surface area contributed by atoms with Crippen LogP contribution in [0.5, 0.6) is 5.75 Å². The largest absolute Gasteiger partial charge is 0.482 e. The van der Waals surface area contributed by atoms with E-state index < -0.39 is 5.97 Å². The lowest BCUT2D eigenvalue weighted by Gasteiger charge is -2.10. The Hall–Kier alpha value is -1.55. The van der Waals surface area contributed by atoms with Gasteiger partial charge < -0.3 is 15.2 Å². The van der Waals surface area contributed by atoms with Gasteiger partial charge in [-0.15, -0.1) is 0 Å². The lowest BCUT2D eigenvalue weighted by molar-refractivity contribution is -0.139. The Labute approximate surface area is 94.2 Å². The number of rotatable bonds is 4. The molecule has 0 amide bonds. The minimum Gasteiger partial charge on any atom is -0.482 e. The van der Waals surface area contributed by atoms with Crippen LogP contribution in [0.3, 0.4) is 0 Å². The molecule has 1 aromatic carbocycles. The fourth-order valence-electron chi connectivity index (χ4n) is 1.94. The number of carboxylic acids is 1. The molecule has 2 rings (SSSR count). The second-order valence-corrected chi connectivity index (χ2v) is 3.94. The predicted octanol–water partition coefficient (Wildman–Crippen LogP) is 1.23. The monoisotopic (exact) mass is 221 g/mol. The summed E-state index contributed by atoms with van der Waals surface area (Å²) in [7, 11) is 0. The van der Waals surface area contributed by atoms with Crippen molar-refractivity contribution in [2.24, 2.45) is 0 Å². The van der Waals surface area contributed by atoms with E-state index in [1.165, 1.54) is 5.56 Å². The first-order valence-corrected chi connectivity index (χ1v) is 5.41. The summed E-state index contributed by atoms with van der Waals surface area (Å²) in [5.74, 6) is 0.202. The van der Waals surface area contributed by atoms with E-state index in [1.54, 1.807) is 6.07 Å². The SMILES string of the molecule is O=C(O)COc1cccc(C2CCNC2)c1. The van der Waals surface area contributed by atoms with Gasteiger partial charge in [0.05, 0.1) is 0 Å². The second-order valence-electron chi connectivity index (χ2n) is 3.94. The van der Waals surface area contributed by atoms with Crippen LogP contribution in [0.15, 0.2) is 24.3 Å². The van der Waals surface area contributed by atoms with E-state index in [0.717, 1.165) is 19.5 Å². The molecule has 1 heterocycles. The number of carboxylic acid groups (broad SMARTS) is 1. The number of nitrogens with one attached hydrogen (secondary N) is 1. The van der Waals surface area contributed by atoms with Gasteiger partial charge >= 0.3 is 5.97 Å². The Bertz CT molecular complexity index is 372. The molecule has 1 fully saturated rings. The molecule has 2 N–H and O–H groups in total. The van der Waals surface area contributed by atoms with Crippen molar-refractivity contribution in [2.45, 2.75) is 12.3 Å². The van der Waals surface area contributed by atoms with E-state index >= 15 is 0 Å². The van der Waals surface area contributed by atoms with Gasteiger partial charge in [-0.3, -0.25) is 0 Å². The molecule has 0 saturated carbocycles. The van der Waals surface area contributed by atoms with Crippen molar-refractivity contribution in [3.63, 3.8) is 0 Å². The van der Waals surface area contributed by atoms with E-state index in [1.807, 2.05) is 12.1 Å². The van der Waals surface area contributed by atoms with Crippen molar-refractivity contribution < 1.29 is 14.6 Å². The highest BCUT2D eigenvalue weighted by Gasteiger charge is 2.16. The Morgan fingerprint density at radius 3 is 3.12 bits per heavy atom. The number of carbonyl (C=O) groups is 1. The van der Waals surface area contributed by atoms with Crippen molar-refractivity contribution in [1.29, 1.82) is 0 Å². The topological polar surface area (TPSA) is 58.6 Å². The maximum atomic E-state index is 10.4. The Morgan fingerprint density at radius 2 is 2.44 bits per heavy atom. The molecule has 1 aliphatic rings. The van der Waals surface area contributed by atoms with Crippen LogP contribution >= 0.6 is 0 Å². The summed E-state index contributed by atoms with van der Waals surface area (Å²) in [5, 5.41) is 11.8. The molecule has 0 radical (unpaired) electrons. The highest BCUT2D eigenvalue weighted by atomic mass is 16.5. The van der Waals surface area contributed by atoms with Crippen molar-refractivity contribution in [2.75, 3.05) is 19.7 Å². The third kappa shape index (κ3) is 2.73. The van der Waals surface area contributed by atoms with E-state index in [-0.39, 0.29) is 6.61 Å². The number of hydrogen-bond acceptors (Lipinski definition) is 3. The van der Waals surface area contributed by atoms with Crippen LogP contribution in [0.25, 0.3) is 0 Å². The summed E-state index contributed by atoms with van der Waals surface area (Å²) in [5.41, 5.74) is 1.22. The van der Waals surface area contributed by atoms with Crippen LogP contribution in [0.1, 0.15) is 17.9 Å². The quantitative estimate of drug-likeness (QED) is 0.802. The van der Waals surface area contributed by atoms with Crippen LogP contribution in [0, 0.1) is 0 Å². The fraction of sp³-hybridized carbons (Fsp3) is 0.417. The normalized spacial score (nSPS) is 19.6. The Morgan fingerprint density at radius 1 is 1.56 bits per heavy atom. The van der Waals surface area contributed by atoms with E-state index in [2.05, 4.69) is 11.4 Å². The van der Waals surface area contributed by atoms with Gasteiger partial charge in [0.1, 0.15) is 5.75 Å². The van der Waals surface area contributed by atoms with Crippen LogP contribution < -0.4 is 10.1 Å². The molecule has 4 nitrogen and oxygen atoms in total. The molecule has 1 atom stereocenters. The van der Waals surface area contributed by atoms with Crippen molar-refractivity contribution in [3.8, 4) is 5.75 Å². The smallest absolute Gasteiger partial charge is 0.341 e. The standard InChI is InChI=1S/C12H15NO3/c14-12(15)8-16-11-3-1-2-9(6-11)10-4-5-13-7-10/h1-3,6,10,13H,4-5,7-8H2,(H,14,15). The van der Waals surface area contributed by atoms with Crippen molar-refractivity contribution >= 4 is 5.97 Å². The summed E-state index contributed by atoms with van der Waals surface area (Å²) in [6.07, 6.45) is 1.13. The van der Waals surface area contributed by atoms with Crippen LogP contribution in [0.2, 0.25) is 0 Å². The maximum Gasteiger partial charge on any atom is 0.341 e. The van der Waals surface area contributed by atoms with Crippen molar-refractivity contribution in [3.05, 3.63) is 29.8 Å². The van der Waals surface area contributed by atoms with Gasteiger partial charge in [0.25, 0.3) is 0 Å².